The molecule has 0 aliphatic heterocycles. The second-order valence-corrected chi connectivity index (χ2v) is 5.02. The number of hydrogen-bond donors (Lipinski definition) is 1. The van der Waals surface area contributed by atoms with Crippen molar-refractivity contribution in [2.75, 3.05) is 30.4 Å². The minimum Gasteiger partial charge on any atom is -0.494 e. The van der Waals surface area contributed by atoms with Crippen molar-refractivity contribution in [1.29, 1.82) is 0 Å². The smallest absolute Gasteiger partial charge is 0.255 e. The number of halogens is 1. The Bertz CT molecular complexity index is 667. The number of methoxy groups -OCH3 is 1. The van der Waals surface area contributed by atoms with Crippen LogP contribution in [0.25, 0.3) is 0 Å². The molecule has 0 aliphatic rings. The Kier molecular flexibility index (Phi) is 5.57. The predicted molar refractivity (Wildman–Crippen MR) is 90.9 cm³/mol. The number of ether oxygens (including phenoxy) is 1. The normalized spacial score (nSPS) is 10.3. The molecule has 0 saturated heterocycles. The highest BCUT2D eigenvalue weighted by Gasteiger charge is 2.10. The quantitative estimate of drug-likeness (QED) is 0.878. The molecule has 2 rings (SSSR count). The first-order valence-corrected chi connectivity index (χ1v) is 7.59. The Balaban J connectivity index is 2.09. The topological polar surface area (TPSA) is 41.6 Å². The van der Waals surface area contributed by atoms with Crippen LogP contribution in [0.4, 0.5) is 15.8 Å². The molecule has 0 saturated carbocycles. The van der Waals surface area contributed by atoms with Gasteiger partial charge in [-0.25, -0.2) is 4.39 Å². The highest BCUT2D eigenvalue weighted by Crippen LogP contribution is 2.20. The van der Waals surface area contributed by atoms with E-state index in [1.165, 1.54) is 25.3 Å². The van der Waals surface area contributed by atoms with Gasteiger partial charge in [0.2, 0.25) is 0 Å². The average Bonchev–Trinajstić information content (AvgIpc) is 2.57. The zero-order valence-corrected chi connectivity index (χ0v) is 13.6. The molecule has 0 unspecified atom stereocenters. The lowest BCUT2D eigenvalue weighted by atomic mass is 10.2. The molecule has 0 aromatic heterocycles. The Morgan fingerprint density at radius 2 is 1.78 bits per heavy atom. The highest BCUT2D eigenvalue weighted by molar-refractivity contribution is 6.04. The highest BCUT2D eigenvalue weighted by atomic mass is 19.1. The molecule has 122 valence electrons. The SMILES string of the molecule is CCN(CC)c1ccc(NC(=O)c2ccc(OC)c(F)c2)cc1. The Morgan fingerprint density at radius 1 is 1.13 bits per heavy atom. The van der Waals surface area contributed by atoms with Gasteiger partial charge in [0.05, 0.1) is 7.11 Å². The van der Waals surface area contributed by atoms with E-state index in [1.807, 2.05) is 24.3 Å². The standard InChI is InChI=1S/C18H21FN2O2/c1-4-21(5-2)15-9-7-14(8-10-15)20-18(22)13-6-11-17(23-3)16(19)12-13/h6-12H,4-5H2,1-3H3,(H,20,22). The van der Waals surface area contributed by atoms with Crippen LogP contribution in [0.1, 0.15) is 24.2 Å². The number of nitrogens with zero attached hydrogens (tertiary/aromatic N) is 1. The van der Waals surface area contributed by atoms with Gasteiger partial charge in [0, 0.05) is 30.0 Å². The first kappa shape index (κ1) is 16.8. The summed E-state index contributed by atoms with van der Waals surface area (Å²) >= 11 is 0. The molecule has 0 radical (unpaired) electrons. The van der Waals surface area contributed by atoms with Gasteiger partial charge < -0.3 is 15.0 Å². The average molecular weight is 316 g/mol. The molecule has 2 aromatic rings. The molecular weight excluding hydrogens is 295 g/mol. The van der Waals surface area contributed by atoms with Crippen LogP contribution in [0.5, 0.6) is 5.75 Å². The Labute approximate surface area is 135 Å². The van der Waals surface area contributed by atoms with Crippen molar-refractivity contribution < 1.29 is 13.9 Å². The molecule has 5 heteroatoms. The van der Waals surface area contributed by atoms with Crippen LogP contribution in [-0.2, 0) is 0 Å². The van der Waals surface area contributed by atoms with Crippen molar-refractivity contribution in [3.05, 3.63) is 53.8 Å². The van der Waals surface area contributed by atoms with E-state index in [2.05, 4.69) is 24.1 Å². The molecule has 1 N–H and O–H groups in total. The first-order valence-electron chi connectivity index (χ1n) is 7.59. The van der Waals surface area contributed by atoms with Gasteiger partial charge in [0.25, 0.3) is 5.91 Å². The molecule has 0 fully saturated rings. The van der Waals surface area contributed by atoms with Gasteiger partial charge in [-0.15, -0.1) is 0 Å². The summed E-state index contributed by atoms with van der Waals surface area (Å²) in [5.74, 6) is -0.802. The summed E-state index contributed by atoms with van der Waals surface area (Å²) in [6.07, 6.45) is 0. The van der Waals surface area contributed by atoms with Crippen LogP contribution in [0.2, 0.25) is 0 Å². The lowest BCUT2D eigenvalue weighted by Gasteiger charge is -2.21. The third-order valence-electron chi connectivity index (χ3n) is 3.67. The fraction of sp³-hybridized carbons (Fsp3) is 0.278. The summed E-state index contributed by atoms with van der Waals surface area (Å²) < 4.78 is 18.5. The van der Waals surface area contributed by atoms with Gasteiger partial charge in [0.1, 0.15) is 0 Å². The number of hydrogen-bond acceptors (Lipinski definition) is 3. The van der Waals surface area contributed by atoms with E-state index in [0.717, 1.165) is 18.8 Å². The summed E-state index contributed by atoms with van der Waals surface area (Å²) in [6.45, 7) is 6.04. The fourth-order valence-corrected chi connectivity index (χ4v) is 2.36. The molecule has 0 heterocycles. The van der Waals surface area contributed by atoms with Crippen LogP contribution >= 0.6 is 0 Å². The lowest BCUT2D eigenvalue weighted by Crippen LogP contribution is -2.21. The van der Waals surface area contributed by atoms with Crippen LogP contribution in [0.3, 0.4) is 0 Å². The maximum Gasteiger partial charge on any atom is 0.255 e. The maximum absolute atomic E-state index is 13.7. The van der Waals surface area contributed by atoms with Crippen molar-refractivity contribution >= 4 is 17.3 Å². The molecule has 0 aliphatic carbocycles. The van der Waals surface area contributed by atoms with E-state index in [9.17, 15) is 9.18 Å². The molecule has 0 atom stereocenters. The van der Waals surface area contributed by atoms with Crippen molar-refractivity contribution in [3.63, 3.8) is 0 Å². The molecule has 23 heavy (non-hydrogen) atoms. The van der Waals surface area contributed by atoms with Gasteiger partial charge in [0.15, 0.2) is 11.6 Å². The molecular formula is C18H21FN2O2. The number of nitrogens with one attached hydrogen (secondary N) is 1. The van der Waals surface area contributed by atoms with Gasteiger partial charge in [-0.3, -0.25) is 4.79 Å². The number of benzene rings is 2. The molecule has 4 nitrogen and oxygen atoms in total. The zero-order chi connectivity index (χ0) is 16.8. The van der Waals surface area contributed by atoms with E-state index >= 15 is 0 Å². The summed E-state index contributed by atoms with van der Waals surface area (Å²) in [7, 11) is 1.38. The maximum atomic E-state index is 13.7. The minimum atomic E-state index is -0.558. The lowest BCUT2D eigenvalue weighted by molar-refractivity contribution is 0.102. The Hall–Kier alpha value is -2.56. The van der Waals surface area contributed by atoms with Gasteiger partial charge >= 0.3 is 0 Å². The van der Waals surface area contributed by atoms with E-state index in [0.29, 0.717) is 5.69 Å². The van der Waals surface area contributed by atoms with Crippen molar-refractivity contribution in [3.8, 4) is 5.75 Å². The number of carbonyl (C=O) groups excluding carboxylic acids is 1. The summed E-state index contributed by atoms with van der Waals surface area (Å²) in [4.78, 5) is 14.4. The van der Waals surface area contributed by atoms with E-state index in [1.54, 1.807) is 0 Å². The third-order valence-corrected chi connectivity index (χ3v) is 3.67. The molecule has 2 aromatic carbocycles. The zero-order valence-electron chi connectivity index (χ0n) is 13.6. The monoisotopic (exact) mass is 316 g/mol. The third kappa shape index (κ3) is 4.00. The second-order valence-electron chi connectivity index (χ2n) is 5.02. The first-order chi connectivity index (χ1) is 11.1. The predicted octanol–water partition coefficient (Wildman–Crippen LogP) is 3.93. The minimum absolute atomic E-state index is 0.116. The van der Waals surface area contributed by atoms with Crippen LogP contribution in [0.15, 0.2) is 42.5 Å². The van der Waals surface area contributed by atoms with Crippen LogP contribution < -0.4 is 15.0 Å². The molecule has 0 bridgehead atoms. The number of anilines is 2. The summed E-state index contributed by atoms with van der Waals surface area (Å²) in [6, 6.07) is 11.7. The number of rotatable bonds is 6. The molecule has 1 amide bonds. The van der Waals surface area contributed by atoms with Crippen LogP contribution in [0, 0.1) is 5.82 Å². The fourth-order valence-electron chi connectivity index (χ4n) is 2.36. The number of carbonyl (C=O) groups is 1. The molecule has 0 spiro atoms. The summed E-state index contributed by atoms with van der Waals surface area (Å²) in [5.41, 5.74) is 2.02. The van der Waals surface area contributed by atoms with Crippen LogP contribution in [-0.4, -0.2) is 26.1 Å². The van der Waals surface area contributed by atoms with Gasteiger partial charge in [-0.2, -0.15) is 0 Å². The van der Waals surface area contributed by atoms with Crippen molar-refractivity contribution in [2.24, 2.45) is 0 Å². The van der Waals surface area contributed by atoms with E-state index < -0.39 is 5.82 Å². The van der Waals surface area contributed by atoms with Crippen molar-refractivity contribution in [2.45, 2.75) is 13.8 Å². The Morgan fingerprint density at radius 3 is 2.30 bits per heavy atom. The van der Waals surface area contributed by atoms with E-state index in [4.69, 9.17) is 4.74 Å². The van der Waals surface area contributed by atoms with E-state index in [-0.39, 0.29) is 17.2 Å². The second kappa shape index (κ2) is 7.63. The summed E-state index contributed by atoms with van der Waals surface area (Å²) in [5, 5.41) is 2.76. The number of amides is 1. The largest absolute Gasteiger partial charge is 0.494 e. The van der Waals surface area contributed by atoms with Crippen molar-refractivity contribution in [1.82, 2.24) is 0 Å². The van der Waals surface area contributed by atoms with Gasteiger partial charge in [-0.1, -0.05) is 0 Å². The van der Waals surface area contributed by atoms with Gasteiger partial charge in [-0.05, 0) is 56.3 Å².